The summed E-state index contributed by atoms with van der Waals surface area (Å²) in [7, 11) is 0. The molecule has 1 aromatic carbocycles. The third-order valence-corrected chi connectivity index (χ3v) is 2.72. The molecule has 88 valence electrons. The molecule has 0 saturated heterocycles. The van der Waals surface area contributed by atoms with E-state index in [1.165, 1.54) is 36.5 Å². The molecular formula is C12H8BrF2NO. The average Bonchev–Trinajstić information content (AvgIpc) is 2.33. The Morgan fingerprint density at radius 3 is 2.53 bits per heavy atom. The monoisotopic (exact) mass is 299 g/mol. The second-order valence-corrected chi connectivity index (χ2v) is 4.15. The van der Waals surface area contributed by atoms with Crippen molar-refractivity contribution in [3.8, 4) is 5.75 Å². The summed E-state index contributed by atoms with van der Waals surface area (Å²) in [5.41, 5.74) is 0.198. The van der Waals surface area contributed by atoms with Crippen LogP contribution in [0.4, 0.5) is 8.78 Å². The van der Waals surface area contributed by atoms with Crippen LogP contribution in [-0.4, -0.2) is 4.98 Å². The van der Waals surface area contributed by atoms with Crippen LogP contribution >= 0.6 is 15.9 Å². The van der Waals surface area contributed by atoms with Crippen LogP contribution in [0.2, 0.25) is 0 Å². The van der Waals surface area contributed by atoms with Crippen LogP contribution in [0.1, 0.15) is 5.69 Å². The second-order valence-electron chi connectivity index (χ2n) is 3.30. The lowest BCUT2D eigenvalue weighted by Crippen LogP contribution is -2.01. The van der Waals surface area contributed by atoms with E-state index in [2.05, 4.69) is 20.9 Å². The quantitative estimate of drug-likeness (QED) is 0.862. The molecule has 0 aliphatic heterocycles. The van der Waals surface area contributed by atoms with Crippen molar-refractivity contribution in [2.75, 3.05) is 0 Å². The Bertz CT molecular complexity index is 516. The molecule has 0 bridgehead atoms. The number of hydrogen-bond acceptors (Lipinski definition) is 2. The van der Waals surface area contributed by atoms with Crippen molar-refractivity contribution in [1.82, 2.24) is 4.98 Å². The molecule has 0 unspecified atom stereocenters. The zero-order valence-electron chi connectivity index (χ0n) is 8.66. The van der Waals surface area contributed by atoms with Crippen LogP contribution in [0.25, 0.3) is 0 Å². The number of rotatable bonds is 3. The maximum absolute atomic E-state index is 13.5. The fraction of sp³-hybridized carbons (Fsp3) is 0.0833. The number of nitrogens with zero attached hydrogens (tertiary/aromatic N) is 1. The summed E-state index contributed by atoms with van der Waals surface area (Å²) in [5.74, 6) is -0.328. The number of pyridine rings is 1. The van der Waals surface area contributed by atoms with Crippen molar-refractivity contribution >= 4 is 15.9 Å². The SMILES string of the molecule is Fc1ccc(OCc2nccc(Br)c2F)cc1. The Labute approximate surface area is 105 Å². The van der Waals surface area contributed by atoms with Crippen molar-refractivity contribution in [3.05, 3.63) is 58.3 Å². The minimum atomic E-state index is -0.449. The highest BCUT2D eigenvalue weighted by atomic mass is 79.9. The molecular weight excluding hydrogens is 292 g/mol. The van der Waals surface area contributed by atoms with Gasteiger partial charge in [-0.3, -0.25) is 4.98 Å². The van der Waals surface area contributed by atoms with Gasteiger partial charge in [-0.1, -0.05) is 0 Å². The zero-order valence-corrected chi connectivity index (χ0v) is 10.2. The average molecular weight is 300 g/mol. The molecule has 5 heteroatoms. The standard InChI is InChI=1S/C12H8BrF2NO/c13-10-5-6-16-11(12(10)15)7-17-9-3-1-8(14)2-4-9/h1-6H,7H2. The largest absolute Gasteiger partial charge is 0.487 e. The molecule has 2 rings (SSSR count). The summed E-state index contributed by atoms with van der Waals surface area (Å²) in [5, 5.41) is 0. The van der Waals surface area contributed by atoms with Gasteiger partial charge in [0.25, 0.3) is 0 Å². The van der Waals surface area contributed by atoms with Crippen molar-refractivity contribution in [1.29, 1.82) is 0 Å². The number of aromatic nitrogens is 1. The van der Waals surface area contributed by atoms with Gasteiger partial charge in [0.05, 0.1) is 4.47 Å². The Balaban J connectivity index is 2.07. The van der Waals surface area contributed by atoms with Gasteiger partial charge in [-0.15, -0.1) is 0 Å². The van der Waals surface area contributed by atoms with E-state index in [9.17, 15) is 8.78 Å². The van der Waals surface area contributed by atoms with Crippen molar-refractivity contribution in [2.45, 2.75) is 6.61 Å². The van der Waals surface area contributed by atoms with E-state index in [0.29, 0.717) is 10.2 Å². The van der Waals surface area contributed by atoms with Crippen LogP contribution in [-0.2, 0) is 6.61 Å². The molecule has 0 N–H and O–H groups in total. The van der Waals surface area contributed by atoms with E-state index in [-0.39, 0.29) is 18.1 Å². The van der Waals surface area contributed by atoms with E-state index in [1.807, 2.05) is 0 Å². The topological polar surface area (TPSA) is 22.1 Å². The number of ether oxygens (including phenoxy) is 1. The lowest BCUT2D eigenvalue weighted by atomic mass is 10.3. The highest BCUT2D eigenvalue weighted by Crippen LogP contribution is 2.18. The van der Waals surface area contributed by atoms with Crippen molar-refractivity contribution in [2.24, 2.45) is 0 Å². The first-order chi connectivity index (χ1) is 8.16. The van der Waals surface area contributed by atoms with Gasteiger partial charge in [-0.05, 0) is 46.3 Å². The molecule has 0 amide bonds. The maximum Gasteiger partial charge on any atom is 0.162 e. The summed E-state index contributed by atoms with van der Waals surface area (Å²) in [6.07, 6.45) is 1.48. The molecule has 1 heterocycles. The molecule has 0 radical (unpaired) electrons. The third-order valence-electron chi connectivity index (χ3n) is 2.10. The molecule has 0 fully saturated rings. The molecule has 0 spiro atoms. The first-order valence-electron chi connectivity index (χ1n) is 4.84. The second kappa shape index (κ2) is 5.23. The summed E-state index contributed by atoms with van der Waals surface area (Å²) in [6, 6.07) is 7.02. The van der Waals surface area contributed by atoms with Gasteiger partial charge in [-0.25, -0.2) is 8.78 Å². The van der Waals surface area contributed by atoms with E-state index in [0.717, 1.165) is 0 Å². The van der Waals surface area contributed by atoms with E-state index < -0.39 is 5.82 Å². The Hall–Kier alpha value is -1.49. The van der Waals surface area contributed by atoms with Crippen LogP contribution in [0, 0.1) is 11.6 Å². The van der Waals surface area contributed by atoms with E-state index >= 15 is 0 Å². The fourth-order valence-corrected chi connectivity index (χ4v) is 1.59. The first-order valence-corrected chi connectivity index (χ1v) is 5.63. The molecule has 0 atom stereocenters. The van der Waals surface area contributed by atoms with E-state index in [4.69, 9.17) is 4.74 Å². The smallest absolute Gasteiger partial charge is 0.162 e. The molecule has 17 heavy (non-hydrogen) atoms. The van der Waals surface area contributed by atoms with Gasteiger partial charge in [0.2, 0.25) is 0 Å². The van der Waals surface area contributed by atoms with Crippen LogP contribution in [0.15, 0.2) is 41.0 Å². The van der Waals surface area contributed by atoms with Crippen molar-refractivity contribution < 1.29 is 13.5 Å². The van der Waals surface area contributed by atoms with Gasteiger partial charge in [0.15, 0.2) is 5.82 Å². The molecule has 0 aliphatic carbocycles. The van der Waals surface area contributed by atoms with Gasteiger partial charge < -0.3 is 4.74 Å². The minimum Gasteiger partial charge on any atom is -0.487 e. The Kier molecular flexibility index (Phi) is 3.68. The zero-order chi connectivity index (χ0) is 12.3. The maximum atomic E-state index is 13.5. The fourth-order valence-electron chi connectivity index (χ4n) is 1.24. The summed E-state index contributed by atoms with van der Waals surface area (Å²) >= 11 is 3.06. The molecule has 2 nitrogen and oxygen atoms in total. The van der Waals surface area contributed by atoms with Crippen molar-refractivity contribution in [3.63, 3.8) is 0 Å². The van der Waals surface area contributed by atoms with Gasteiger partial charge in [-0.2, -0.15) is 0 Å². The number of benzene rings is 1. The first kappa shape index (κ1) is 12.0. The number of hydrogen-bond donors (Lipinski definition) is 0. The third kappa shape index (κ3) is 3.00. The summed E-state index contributed by atoms with van der Waals surface area (Å²) < 4.78 is 31.8. The minimum absolute atomic E-state index is 0.00307. The Morgan fingerprint density at radius 1 is 1.12 bits per heavy atom. The van der Waals surface area contributed by atoms with Gasteiger partial charge >= 0.3 is 0 Å². The molecule has 0 aliphatic rings. The Morgan fingerprint density at radius 2 is 1.82 bits per heavy atom. The predicted octanol–water partition coefficient (Wildman–Crippen LogP) is 3.70. The summed E-state index contributed by atoms with van der Waals surface area (Å²) in [4.78, 5) is 3.87. The molecule has 0 saturated carbocycles. The lowest BCUT2D eigenvalue weighted by Gasteiger charge is -2.06. The molecule has 1 aromatic heterocycles. The van der Waals surface area contributed by atoms with E-state index in [1.54, 1.807) is 0 Å². The highest BCUT2D eigenvalue weighted by molar-refractivity contribution is 9.10. The number of halogens is 3. The lowest BCUT2D eigenvalue weighted by molar-refractivity contribution is 0.293. The van der Waals surface area contributed by atoms with Crippen LogP contribution in [0.3, 0.4) is 0 Å². The highest BCUT2D eigenvalue weighted by Gasteiger charge is 2.08. The van der Waals surface area contributed by atoms with Gasteiger partial charge in [0, 0.05) is 6.20 Å². The predicted molar refractivity (Wildman–Crippen MR) is 62.6 cm³/mol. The summed E-state index contributed by atoms with van der Waals surface area (Å²) in [6.45, 7) is -0.00307. The van der Waals surface area contributed by atoms with Crippen LogP contribution in [0.5, 0.6) is 5.75 Å². The normalized spacial score (nSPS) is 10.3. The molecule has 2 aromatic rings. The van der Waals surface area contributed by atoms with Gasteiger partial charge in [0.1, 0.15) is 23.9 Å². The van der Waals surface area contributed by atoms with Crippen LogP contribution < -0.4 is 4.74 Å².